The number of rotatable bonds is 6. The van der Waals surface area contributed by atoms with Gasteiger partial charge in [0.25, 0.3) is 0 Å². The number of pyridine rings is 1. The van der Waals surface area contributed by atoms with Gasteiger partial charge in [-0.15, -0.1) is 0 Å². The molecule has 8 rings (SSSR count). The van der Waals surface area contributed by atoms with Crippen LogP contribution in [0.2, 0.25) is 0 Å². The molecule has 4 nitrogen and oxygen atoms in total. The lowest BCUT2D eigenvalue weighted by molar-refractivity contribution is 0.446. The first-order chi connectivity index (χ1) is 44.2. The van der Waals surface area contributed by atoms with Crippen LogP contribution in [0.4, 0.5) is 0 Å². The summed E-state index contributed by atoms with van der Waals surface area (Å²) in [6, 6.07) is 29.1. The molecule has 0 amide bonds. The van der Waals surface area contributed by atoms with Crippen LogP contribution in [-0.2, 0) is 21.7 Å². The first kappa shape index (κ1) is 17.1. The first-order valence-electron chi connectivity index (χ1n) is 37.0. The minimum atomic E-state index is -4.35. The largest absolute Gasteiger partial charge is 0.507 e. The van der Waals surface area contributed by atoms with E-state index >= 15 is 0 Å². The van der Waals surface area contributed by atoms with Crippen molar-refractivity contribution in [1.29, 1.82) is 0 Å². The highest BCUT2D eigenvalue weighted by atomic mass is 16.3. The number of phenols is 1. The number of imidazole rings is 1. The Morgan fingerprint density at radius 1 is 0.468 bits per heavy atom. The van der Waals surface area contributed by atoms with Gasteiger partial charge >= 0.3 is 0 Å². The summed E-state index contributed by atoms with van der Waals surface area (Å²) in [5.74, 6) is -2.38. The van der Waals surface area contributed by atoms with E-state index < -0.39 is 143 Å². The Kier molecular flexibility index (Phi) is 4.30. The third kappa shape index (κ3) is 8.23. The fraction of sp³-hybridized carbons (Fsp3) is 0.276. The summed E-state index contributed by atoms with van der Waals surface area (Å²) < 4.78 is 312. The molecule has 1 N–H and O–H groups in total. The van der Waals surface area contributed by atoms with Gasteiger partial charge in [-0.2, -0.15) is 0 Å². The maximum atomic E-state index is 13.0. The molecule has 0 saturated carbocycles. The van der Waals surface area contributed by atoms with Crippen LogP contribution < -0.4 is 0 Å². The number of fused-ring (bicyclic) bond motifs is 1. The second-order valence-electron chi connectivity index (χ2n) is 15.1. The monoisotopic (exact) mass is 852 g/mol. The first-order valence-corrected chi connectivity index (χ1v) is 19.0. The summed E-state index contributed by atoms with van der Waals surface area (Å²) >= 11 is 0. The third-order valence-electron chi connectivity index (χ3n) is 10.5. The Labute approximate surface area is 420 Å². The molecule has 6 aromatic carbocycles. The van der Waals surface area contributed by atoms with Crippen LogP contribution in [-0.4, -0.2) is 19.6 Å². The summed E-state index contributed by atoms with van der Waals surface area (Å²) in [6.07, 6.45) is 1.19. The van der Waals surface area contributed by atoms with Gasteiger partial charge in [-0.05, 0) is 103 Å². The van der Waals surface area contributed by atoms with E-state index in [4.69, 9.17) is 54.3 Å². The van der Waals surface area contributed by atoms with E-state index in [-0.39, 0.29) is 61.9 Å². The second kappa shape index (κ2) is 15.6. The van der Waals surface area contributed by atoms with Crippen LogP contribution in [0.5, 0.6) is 5.75 Å². The number of para-hydroxylation sites is 2. The van der Waals surface area contributed by atoms with Crippen LogP contribution in [0.1, 0.15) is 154 Å². The molecule has 0 aliphatic heterocycles. The molecule has 62 heavy (non-hydrogen) atoms. The number of aromatic nitrogens is 3. The maximum Gasteiger partial charge on any atom is 0.149 e. The SMILES string of the molecule is [2H]C([2H])([2H])C(c1ccc(-c2ccnc(-c3cc(-c4cccc5c4nc(-c4cc(C(C([2H])([2H])[2H])(C([2H])([2H])[2H])C([2H])([2H])[2H])cc(C(C([2H])([2H])[2H])(C([2H])([2H])[2H])C([2H])([2H])[2H])c4O)n5-c4ccccc4-c4ccccc4)cc(C(C([2H])([2H])[2H])(C([2H])([2H])[2H])C([2H])([2H])[2H])c3)c2)cc1)(C([2H])([2H])[2H])C([2H])([2H])[2H]. The predicted octanol–water partition coefficient (Wildman–Crippen LogP) is 15.7. The number of aromatic hydroxyl groups is 1. The van der Waals surface area contributed by atoms with Crippen molar-refractivity contribution in [3.05, 3.63) is 168 Å². The average molecular weight is 852 g/mol. The topological polar surface area (TPSA) is 50.9 Å². The molecule has 0 bridgehead atoms. The van der Waals surface area contributed by atoms with E-state index in [9.17, 15) is 5.11 Å². The lowest BCUT2D eigenvalue weighted by Gasteiger charge is -2.27. The van der Waals surface area contributed by atoms with Crippen LogP contribution in [0.15, 0.2) is 146 Å². The van der Waals surface area contributed by atoms with E-state index in [2.05, 4.69) is 4.98 Å². The molecule has 0 fully saturated rings. The molecule has 0 unspecified atom stereocenters. The highest BCUT2D eigenvalue weighted by Gasteiger charge is 2.29. The van der Waals surface area contributed by atoms with E-state index in [1.165, 1.54) is 71.4 Å². The number of benzene rings is 6. The molecule has 0 spiro atoms. The van der Waals surface area contributed by atoms with E-state index in [0.717, 1.165) is 24.3 Å². The normalized spacial score (nSPS) is 23.6. The van der Waals surface area contributed by atoms with Crippen LogP contribution >= 0.6 is 0 Å². The van der Waals surface area contributed by atoms with Gasteiger partial charge in [0.05, 0.1) is 28.0 Å². The van der Waals surface area contributed by atoms with Crippen molar-refractivity contribution in [2.24, 2.45) is 0 Å². The molecule has 0 saturated heterocycles. The van der Waals surface area contributed by atoms with E-state index in [1.54, 1.807) is 42.5 Å². The zero-order chi connectivity index (χ0) is 74.4. The highest BCUT2D eigenvalue weighted by Crippen LogP contribution is 2.46. The molecule has 0 aliphatic rings. The third-order valence-corrected chi connectivity index (χ3v) is 10.5. The Bertz CT molecular complexity index is 4130. The van der Waals surface area contributed by atoms with Crippen molar-refractivity contribution < 1.29 is 54.5 Å². The van der Waals surface area contributed by atoms with Crippen LogP contribution in [0, 0.1) is 0 Å². The van der Waals surface area contributed by atoms with Crippen LogP contribution in [0.3, 0.4) is 0 Å². The van der Waals surface area contributed by atoms with Crippen molar-refractivity contribution >= 4 is 11.0 Å². The fourth-order valence-corrected chi connectivity index (χ4v) is 7.42. The van der Waals surface area contributed by atoms with Crippen molar-refractivity contribution in [3.8, 4) is 67.5 Å². The van der Waals surface area contributed by atoms with E-state index in [0.29, 0.717) is 11.6 Å². The Balaban J connectivity index is 1.60. The highest BCUT2D eigenvalue weighted by molar-refractivity contribution is 5.98. The van der Waals surface area contributed by atoms with Crippen molar-refractivity contribution in [2.45, 2.75) is 104 Å². The van der Waals surface area contributed by atoms with Gasteiger partial charge in [-0.1, -0.05) is 179 Å². The van der Waals surface area contributed by atoms with Crippen molar-refractivity contribution in [2.75, 3.05) is 0 Å². The van der Waals surface area contributed by atoms with Crippen molar-refractivity contribution in [1.82, 2.24) is 14.5 Å². The van der Waals surface area contributed by atoms with E-state index in [1.807, 2.05) is 0 Å². The lowest BCUT2D eigenvalue weighted by Crippen LogP contribution is -2.17. The molecule has 314 valence electrons. The molecular formula is C58H61N3O. The Morgan fingerprint density at radius 3 is 1.81 bits per heavy atom. The second-order valence-corrected chi connectivity index (χ2v) is 15.1. The molecule has 2 heterocycles. The predicted molar refractivity (Wildman–Crippen MR) is 263 cm³/mol. The zero-order valence-electron chi connectivity index (χ0n) is 68.6. The van der Waals surface area contributed by atoms with Gasteiger partial charge in [-0.3, -0.25) is 9.55 Å². The van der Waals surface area contributed by atoms with Gasteiger partial charge in [0.1, 0.15) is 11.6 Å². The maximum absolute atomic E-state index is 13.0. The zero-order valence-corrected chi connectivity index (χ0v) is 32.6. The summed E-state index contributed by atoms with van der Waals surface area (Å²) in [5, 5.41) is 13.0. The standard InChI is InChI=1S/C58H61N3O/c1-55(2,3)42-27-25-37(26-28-42)39-29-30-59-49(34-39)41-31-40(32-43(33-41)56(4,5)6)46-22-18-24-51-52(46)60-54(47-35-44(57(7,8)9)36-48(53(47)62)58(10,11)12)61(51)50-23-17-16-21-45(50)38-19-14-13-15-20-38/h13-36,62H,1-12H3/i1D3,2D3,3D3,4D3,5D3,6D3,7D3,8D3,9D3,10D3,11D3,12D3. The molecular weight excluding hydrogens is 755 g/mol. The van der Waals surface area contributed by atoms with Gasteiger partial charge in [-0.25, -0.2) is 4.98 Å². The molecule has 0 atom stereocenters. The summed E-state index contributed by atoms with van der Waals surface area (Å²) in [5.41, 5.74) is -21.9. The molecule has 2 aromatic heterocycles. The molecule has 0 radical (unpaired) electrons. The van der Waals surface area contributed by atoms with Crippen LogP contribution in [0.25, 0.3) is 72.7 Å². The summed E-state index contributed by atoms with van der Waals surface area (Å²) in [6.45, 7) is -48.4. The number of nitrogens with zero attached hydrogens (tertiary/aromatic N) is 3. The Morgan fingerprint density at radius 2 is 1.10 bits per heavy atom. The Hall–Kier alpha value is -6.26. The van der Waals surface area contributed by atoms with Gasteiger partial charge in [0.15, 0.2) is 0 Å². The van der Waals surface area contributed by atoms with Gasteiger partial charge < -0.3 is 5.11 Å². The quantitative estimate of drug-likeness (QED) is 0.181. The fourth-order valence-electron chi connectivity index (χ4n) is 7.42. The average Bonchev–Trinajstić information content (AvgIpc) is 0.792. The number of phenolic OH excluding ortho intramolecular Hbond substituents is 1. The molecule has 0 aliphatic carbocycles. The van der Waals surface area contributed by atoms with Gasteiger partial charge in [0, 0.05) is 77.8 Å². The number of hydrogen-bond acceptors (Lipinski definition) is 3. The summed E-state index contributed by atoms with van der Waals surface area (Å²) in [7, 11) is 0. The number of hydrogen-bond donors (Lipinski definition) is 1. The minimum absolute atomic E-state index is 0.0118. The summed E-state index contributed by atoms with van der Waals surface area (Å²) in [4.78, 5) is 9.39. The van der Waals surface area contributed by atoms with Crippen molar-refractivity contribution in [3.63, 3.8) is 0 Å². The van der Waals surface area contributed by atoms with Gasteiger partial charge in [0.2, 0.25) is 0 Å². The minimum Gasteiger partial charge on any atom is -0.507 e. The lowest BCUT2D eigenvalue weighted by atomic mass is 9.79. The molecule has 8 aromatic rings. The smallest absolute Gasteiger partial charge is 0.149 e. The molecule has 4 heteroatoms.